The Morgan fingerprint density at radius 1 is 0.887 bits per heavy atom. The summed E-state index contributed by atoms with van der Waals surface area (Å²) in [5, 5.41) is 7.00. The number of sulfonamides is 1. The van der Waals surface area contributed by atoms with Gasteiger partial charge in [-0.1, -0.05) is 87.2 Å². The minimum Gasteiger partial charge on any atom is -0.352 e. The summed E-state index contributed by atoms with van der Waals surface area (Å²) in [5.74, 6) is -0.642. The van der Waals surface area contributed by atoms with Crippen LogP contribution in [0.4, 0.5) is 5.69 Å². The molecule has 3 aromatic carbocycles. The van der Waals surface area contributed by atoms with Crippen LogP contribution in [0.15, 0.2) is 83.8 Å². The summed E-state index contributed by atoms with van der Waals surface area (Å²) in [6, 6.07) is 22.7. The van der Waals surface area contributed by atoms with Gasteiger partial charge in [-0.05, 0) is 79.6 Å². The molecule has 1 unspecified atom stereocenters. The number of piperidine rings is 1. The number of rotatable bonds is 13. The minimum absolute atomic E-state index is 0.0246. The summed E-state index contributed by atoms with van der Waals surface area (Å²) in [5.41, 5.74) is 1.63. The lowest BCUT2D eigenvalue weighted by Crippen LogP contribution is -2.59. The molecule has 6 rings (SSSR count). The van der Waals surface area contributed by atoms with E-state index in [0.717, 1.165) is 42.5 Å². The zero-order chi connectivity index (χ0) is 37.6. The van der Waals surface area contributed by atoms with Crippen LogP contribution in [0.3, 0.4) is 0 Å². The molecule has 0 bridgehead atoms. The van der Waals surface area contributed by atoms with E-state index in [0.29, 0.717) is 24.4 Å². The van der Waals surface area contributed by atoms with Gasteiger partial charge in [0.1, 0.15) is 18.1 Å². The third-order valence-corrected chi connectivity index (χ3v) is 12.4. The van der Waals surface area contributed by atoms with E-state index in [-0.39, 0.29) is 67.4 Å². The summed E-state index contributed by atoms with van der Waals surface area (Å²) >= 11 is 6.13. The fourth-order valence-corrected chi connectivity index (χ4v) is 9.05. The number of carbonyl (C=O) groups excluding carboxylic acids is 3. The van der Waals surface area contributed by atoms with Crippen molar-refractivity contribution < 1.29 is 22.8 Å². The monoisotopic (exact) mass is 762 g/mol. The molecule has 13 heteroatoms. The molecule has 1 aliphatic carbocycles. The average Bonchev–Trinajstić information content (AvgIpc) is 3.41. The maximum absolute atomic E-state index is 14.3. The van der Waals surface area contributed by atoms with Crippen molar-refractivity contribution in [2.24, 2.45) is 0 Å². The number of para-hydroxylation sites is 1. The predicted octanol–water partition coefficient (Wildman–Crippen LogP) is 4.84. The smallest absolute Gasteiger partial charge is 0.250 e. The first kappa shape index (κ1) is 38.7. The van der Waals surface area contributed by atoms with Crippen molar-refractivity contribution in [3.63, 3.8) is 0 Å². The highest BCUT2D eigenvalue weighted by molar-refractivity contribution is 7.89. The average molecular weight is 763 g/mol. The Labute approximate surface area is 318 Å². The van der Waals surface area contributed by atoms with Crippen LogP contribution in [0.2, 0.25) is 5.02 Å². The van der Waals surface area contributed by atoms with Crippen molar-refractivity contribution in [3.05, 3.63) is 95.0 Å². The standard InChI is InChI=1S/C40H51ClN6O5S/c1-29(2)42-26-31-15-19-35(20-16-31)53(51,52)44-36(25-30-13-17-32(41)18-14-30)38(49)45-23-21-40(22-24-45)39(50)46(28-47(40)34-11-7-4-8-12-34)27-37(48)43-33-9-5-3-6-10-33/h4,7-8,11-20,29,33,36,42,44H,3,5-6,9-10,21-28H2,1-2H3,(H,43,48). The molecule has 0 aromatic heterocycles. The highest BCUT2D eigenvalue weighted by Crippen LogP contribution is 2.39. The first-order chi connectivity index (χ1) is 25.4. The molecule has 3 aromatic rings. The number of carbonyl (C=O) groups is 3. The summed E-state index contributed by atoms with van der Waals surface area (Å²) in [4.78, 5) is 47.2. The summed E-state index contributed by atoms with van der Waals surface area (Å²) < 4.78 is 30.2. The van der Waals surface area contributed by atoms with Crippen LogP contribution < -0.4 is 20.3 Å². The zero-order valence-corrected chi connectivity index (χ0v) is 32.2. The molecule has 3 amide bonds. The van der Waals surface area contributed by atoms with Crippen molar-refractivity contribution in [1.82, 2.24) is 25.2 Å². The SMILES string of the molecule is CC(C)NCc1ccc(S(=O)(=O)NC(Cc2ccc(Cl)cc2)C(=O)N2CCC3(CC2)C(=O)N(CC(=O)NC2CCCCC2)CN3c2ccccc2)cc1. The Bertz CT molecular complexity index is 1830. The molecular weight excluding hydrogens is 712 g/mol. The van der Waals surface area contributed by atoms with Gasteiger partial charge in [0.2, 0.25) is 21.8 Å². The molecule has 3 aliphatic rings. The number of benzene rings is 3. The van der Waals surface area contributed by atoms with E-state index in [4.69, 9.17) is 11.6 Å². The Hall–Kier alpha value is -3.97. The van der Waals surface area contributed by atoms with Crippen LogP contribution in [0, 0.1) is 0 Å². The highest BCUT2D eigenvalue weighted by atomic mass is 35.5. The molecule has 53 heavy (non-hydrogen) atoms. The number of anilines is 1. The quantitative estimate of drug-likeness (QED) is 0.227. The van der Waals surface area contributed by atoms with Crippen molar-refractivity contribution in [2.45, 2.75) is 100 Å². The second-order valence-corrected chi connectivity index (χ2v) is 17.0. The van der Waals surface area contributed by atoms with Crippen LogP contribution in [-0.4, -0.2) is 85.9 Å². The van der Waals surface area contributed by atoms with Gasteiger partial charge in [0.05, 0.1) is 11.6 Å². The van der Waals surface area contributed by atoms with E-state index in [1.165, 1.54) is 6.42 Å². The molecule has 2 saturated heterocycles. The lowest BCUT2D eigenvalue weighted by molar-refractivity contribution is -0.140. The van der Waals surface area contributed by atoms with Crippen LogP contribution in [0.25, 0.3) is 0 Å². The van der Waals surface area contributed by atoms with Crippen molar-refractivity contribution in [2.75, 3.05) is 31.2 Å². The fraction of sp³-hybridized carbons (Fsp3) is 0.475. The van der Waals surface area contributed by atoms with Crippen LogP contribution in [0.1, 0.15) is 69.9 Å². The van der Waals surface area contributed by atoms with Gasteiger partial charge in [-0.25, -0.2) is 8.42 Å². The van der Waals surface area contributed by atoms with Gasteiger partial charge in [-0.3, -0.25) is 14.4 Å². The first-order valence-corrected chi connectivity index (χ1v) is 20.6. The second-order valence-electron chi connectivity index (χ2n) is 14.9. The Balaban J connectivity index is 1.19. The van der Waals surface area contributed by atoms with Gasteiger partial charge in [-0.15, -0.1) is 0 Å². The predicted molar refractivity (Wildman–Crippen MR) is 207 cm³/mol. The lowest BCUT2D eigenvalue weighted by atomic mass is 9.85. The van der Waals surface area contributed by atoms with Gasteiger partial charge in [0.25, 0.3) is 5.91 Å². The highest BCUT2D eigenvalue weighted by Gasteiger charge is 2.54. The van der Waals surface area contributed by atoms with Gasteiger partial charge in [0.15, 0.2) is 0 Å². The molecular formula is C40H51ClN6O5S. The maximum atomic E-state index is 14.3. The molecule has 3 N–H and O–H groups in total. The minimum atomic E-state index is -4.08. The van der Waals surface area contributed by atoms with Crippen LogP contribution in [-0.2, 0) is 37.4 Å². The Kier molecular flexibility index (Phi) is 12.4. The molecule has 11 nitrogen and oxygen atoms in total. The number of likely N-dealkylation sites (tertiary alicyclic amines) is 1. The van der Waals surface area contributed by atoms with Crippen molar-refractivity contribution >= 4 is 45.0 Å². The number of hydrogen-bond acceptors (Lipinski definition) is 7. The molecule has 0 radical (unpaired) electrons. The number of halogens is 1. The van der Waals surface area contributed by atoms with Crippen LogP contribution >= 0.6 is 11.6 Å². The summed E-state index contributed by atoms with van der Waals surface area (Å²) in [7, 11) is -4.08. The van der Waals surface area contributed by atoms with Gasteiger partial charge in [-0.2, -0.15) is 4.72 Å². The fourth-order valence-electron chi connectivity index (χ4n) is 7.73. The van der Waals surface area contributed by atoms with E-state index in [1.807, 2.05) is 44.2 Å². The topological polar surface area (TPSA) is 131 Å². The molecule has 1 spiro atoms. The third-order valence-electron chi connectivity index (χ3n) is 10.7. The van der Waals surface area contributed by atoms with Crippen molar-refractivity contribution in [3.8, 4) is 0 Å². The molecule has 2 heterocycles. The van der Waals surface area contributed by atoms with E-state index in [9.17, 15) is 22.8 Å². The van der Waals surface area contributed by atoms with E-state index in [2.05, 4.69) is 20.3 Å². The zero-order valence-electron chi connectivity index (χ0n) is 30.6. The molecule has 1 saturated carbocycles. The number of hydrogen-bond donors (Lipinski definition) is 3. The summed E-state index contributed by atoms with van der Waals surface area (Å²) in [6.45, 7) is 5.42. The molecule has 284 valence electrons. The molecule has 1 atom stereocenters. The third kappa shape index (κ3) is 9.40. The number of nitrogens with one attached hydrogen (secondary N) is 3. The Morgan fingerprint density at radius 3 is 2.17 bits per heavy atom. The van der Waals surface area contributed by atoms with Gasteiger partial charge < -0.3 is 25.3 Å². The maximum Gasteiger partial charge on any atom is 0.250 e. The van der Waals surface area contributed by atoms with Gasteiger partial charge in [0, 0.05) is 42.4 Å². The van der Waals surface area contributed by atoms with Gasteiger partial charge >= 0.3 is 0 Å². The van der Waals surface area contributed by atoms with E-state index < -0.39 is 21.6 Å². The number of nitrogens with zero attached hydrogens (tertiary/aromatic N) is 3. The van der Waals surface area contributed by atoms with E-state index in [1.54, 1.807) is 58.3 Å². The summed E-state index contributed by atoms with van der Waals surface area (Å²) in [6.07, 6.45) is 6.08. The molecule has 3 fully saturated rings. The normalized spacial score (nSPS) is 18.5. The molecule has 2 aliphatic heterocycles. The largest absolute Gasteiger partial charge is 0.352 e. The first-order valence-electron chi connectivity index (χ1n) is 18.7. The second kappa shape index (κ2) is 17.0. The van der Waals surface area contributed by atoms with Crippen LogP contribution in [0.5, 0.6) is 0 Å². The van der Waals surface area contributed by atoms with Crippen molar-refractivity contribution in [1.29, 1.82) is 0 Å². The lowest BCUT2D eigenvalue weighted by Gasteiger charge is -2.44. The Morgan fingerprint density at radius 2 is 1.53 bits per heavy atom. The van der Waals surface area contributed by atoms with E-state index >= 15 is 0 Å². The number of amides is 3.